The molecule has 0 saturated carbocycles. The Morgan fingerprint density at radius 3 is 3.06 bits per heavy atom. The molecule has 5 nitrogen and oxygen atoms in total. The molecule has 1 unspecified atom stereocenters. The fourth-order valence-corrected chi connectivity index (χ4v) is 2.07. The zero-order valence-corrected chi connectivity index (χ0v) is 9.26. The van der Waals surface area contributed by atoms with Crippen molar-refractivity contribution in [1.82, 2.24) is 9.97 Å². The number of carbonyl (C=O) groups is 1. The topological polar surface area (TPSA) is 66.3 Å². The smallest absolute Gasteiger partial charge is 0.326 e. The minimum absolute atomic E-state index is 0.442. The molecule has 0 amide bonds. The van der Waals surface area contributed by atoms with Crippen LogP contribution >= 0.6 is 0 Å². The summed E-state index contributed by atoms with van der Waals surface area (Å²) in [6.45, 7) is 2.57. The largest absolute Gasteiger partial charge is 0.480 e. The first-order valence-corrected chi connectivity index (χ1v) is 5.47. The van der Waals surface area contributed by atoms with E-state index in [1.54, 1.807) is 12.3 Å². The molecule has 1 aromatic rings. The summed E-state index contributed by atoms with van der Waals surface area (Å²) in [7, 11) is 0. The van der Waals surface area contributed by atoms with Crippen molar-refractivity contribution >= 4 is 11.8 Å². The number of carboxylic acids is 1. The maximum absolute atomic E-state index is 11.1. The summed E-state index contributed by atoms with van der Waals surface area (Å²) in [4.78, 5) is 21.3. The van der Waals surface area contributed by atoms with Crippen LogP contribution in [0, 0.1) is 6.92 Å². The number of hydrogen-bond acceptors (Lipinski definition) is 4. The van der Waals surface area contributed by atoms with E-state index in [-0.39, 0.29) is 0 Å². The Labute approximate surface area is 94.1 Å². The van der Waals surface area contributed by atoms with Gasteiger partial charge in [0.25, 0.3) is 0 Å². The van der Waals surface area contributed by atoms with Crippen molar-refractivity contribution in [2.45, 2.75) is 32.2 Å². The Kier molecular flexibility index (Phi) is 3.03. The van der Waals surface area contributed by atoms with Crippen molar-refractivity contribution in [3.05, 3.63) is 18.1 Å². The Bertz CT molecular complexity index is 395. The van der Waals surface area contributed by atoms with Crippen molar-refractivity contribution in [1.29, 1.82) is 0 Å². The van der Waals surface area contributed by atoms with E-state index in [2.05, 4.69) is 9.97 Å². The molecule has 1 N–H and O–H groups in total. The number of carboxylic acid groups (broad SMARTS) is 1. The van der Waals surface area contributed by atoms with E-state index in [0.717, 1.165) is 25.2 Å². The molecule has 0 aliphatic carbocycles. The van der Waals surface area contributed by atoms with Gasteiger partial charge in [-0.15, -0.1) is 0 Å². The lowest BCUT2D eigenvalue weighted by atomic mass is 10.0. The predicted octanol–water partition coefficient (Wildman–Crippen LogP) is 1.23. The molecule has 1 aromatic heterocycles. The molecule has 0 bridgehead atoms. The van der Waals surface area contributed by atoms with Crippen LogP contribution in [0.25, 0.3) is 0 Å². The third-order valence-electron chi connectivity index (χ3n) is 2.84. The Morgan fingerprint density at radius 1 is 1.56 bits per heavy atom. The van der Waals surface area contributed by atoms with E-state index in [0.29, 0.717) is 12.2 Å². The van der Waals surface area contributed by atoms with Crippen LogP contribution in [0.5, 0.6) is 0 Å². The van der Waals surface area contributed by atoms with Crippen LogP contribution in [0.4, 0.5) is 5.82 Å². The van der Waals surface area contributed by atoms with Gasteiger partial charge in [0.15, 0.2) is 0 Å². The third kappa shape index (κ3) is 2.13. The third-order valence-corrected chi connectivity index (χ3v) is 2.84. The molecular weight excluding hydrogens is 206 g/mol. The molecule has 1 aliphatic rings. The molecule has 5 heteroatoms. The lowest BCUT2D eigenvalue weighted by molar-refractivity contribution is -0.139. The Balaban J connectivity index is 2.26. The second-order valence-corrected chi connectivity index (χ2v) is 4.01. The Hall–Kier alpha value is -1.65. The summed E-state index contributed by atoms with van der Waals surface area (Å²) in [6, 6.07) is 1.33. The van der Waals surface area contributed by atoms with E-state index < -0.39 is 12.0 Å². The van der Waals surface area contributed by atoms with E-state index in [9.17, 15) is 4.79 Å². The molecule has 1 aliphatic heterocycles. The van der Waals surface area contributed by atoms with Crippen LogP contribution in [0.15, 0.2) is 12.3 Å². The van der Waals surface area contributed by atoms with Crippen LogP contribution < -0.4 is 4.90 Å². The van der Waals surface area contributed by atoms with Gasteiger partial charge in [0.05, 0.1) is 0 Å². The lowest BCUT2D eigenvalue weighted by Crippen LogP contribution is -2.45. The lowest BCUT2D eigenvalue weighted by Gasteiger charge is -2.33. The van der Waals surface area contributed by atoms with E-state index >= 15 is 0 Å². The molecule has 86 valence electrons. The zero-order chi connectivity index (χ0) is 11.5. The summed E-state index contributed by atoms with van der Waals surface area (Å²) in [5, 5.41) is 9.15. The number of aromatic nitrogens is 2. The average Bonchev–Trinajstić information content (AvgIpc) is 2.29. The predicted molar refractivity (Wildman–Crippen MR) is 59.4 cm³/mol. The van der Waals surface area contributed by atoms with E-state index in [1.165, 1.54) is 0 Å². The van der Waals surface area contributed by atoms with Crippen LogP contribution in [-0.4, -0.2) is 33.6 Å². The zero-order valence-electron chi connectivity index (χ0n) is 9.26. The summed E-state index contributed by atoms with van der Waals surface area (Å²) < 4.78 is 0. The van der Waals surface area contributed by atoms with Gasteiger partial charge < -0.3 is 10.0 Å². The molecular formula is C11H15N3O2. The number of aliphatic carboxylic acids is 1. The van der Waals surface area contributed by atoms with Crippen LogP contribution in [0.1, 0.15) is 25.1 Å². The molecule has 1 atom stereocenters. The number of anilines is 1. The quantitative estimate of drug-likeness (QED) is 0.813. The van der Waals surface area contributed by atoms with Gasteiger partial charge in [0.2, 0.25) is 0 Å². The molecule has 1 saturated heterocycles. The highest BCUT2D eigenvalue weighted by Crippen LogP contribution is 2.22. The van der Waals surface area contributed by atoms with Crippen molar-refractivity contribution in [3.8, 4) is 0 Å². The summed E-state index contributed by atoms with van der Waals surface area (Å²) in [5.74, 6) is 0.628. The normalized spacial score (nSPS) is 20.8. The van der Waals surface area contributed by atoms with Crippen LogP contribution in [0.3, 0.4) is 0 Å². The van der Waals surface area contributed by atoms with Gasteiger partial charge in [-0.1, -0.05) is 0 Å². The van der Waals surface area contributed by atoms with Crippen molar-refractivity contribution in [3.63, 3.8) is 0 Å². The second kappa shape index (κ2) is 4.47. The fraction of sp³-hybridized carbons (Fsp3) is 0.545. The molecule has 2 rings (SSSR count). The SMILES string of the molecule is Cc1nccc(N2CCCCC2C(=O)O)n1. The Morgan fingerprint density at radius 2 is 2.38 bits per heavy atom. The monoisotopic (exact) mass is 221 g/mol. The van der Waals surface area contributed by atoms with Gasteiger partial charge >= 0.3 is 5.97 Å². The first-order valence-electron chi connectivity index (χ1n) is 5.47. The van der Waals surface area contributed by atoms with Gasteiger partial charge in [0.1, 0.15) is 17.7 Å². The summed E-state index contributed by atoms with van der Waals surface area (Å²) in [6.07, 6.45) is 4.36. The standard InChI is InChI=1S/C11H15N3O2/c1-8-12-6-5-10(13-8)14-7-3-2-4-9(14)11(15)16/h5-6,9H,2-4,7H2,1H3,(H,15,16). The minimum Gasteiger partial charge on any atom is -0.480 e. The van der Waals surface area contributed by atoms with Crippen LogP contribution in [-0.2, 0) is 4.79 Å². The van der Waals surface area contributed by atoms with Gasteiger partial charge in [-0.05, 0) is 32.3 Å². The second-order valence-electron chi connectivity index (χ2n) is 4.01. The highest BCUT2D eigenvalue weighted by molar-refractivity contribution is 5.77. The van der Waals surface area contributed by atoms with Gasteiger partial charge in [-0.25, -0.2) is 14.8 Å². The number of piperidine rings is 1. The maximum Gasteiger partial charge on any atom is 0.326 e. The highest BCUT2D eigenvalue weighted by atomic mass is 16.4. The van der Waals surface area contributed by atoms with Gasteiger partial charge in [0, 0.05) is 12.7 Å². The molecule has 1 fully saturated rings. The van der Waals surface area contributed by atoms with Gasteiger partial charge in [-0.3, -0.25) is 0 Å². The first-order chi connectivity index (χ1) is 7.68. The number of aryl methyl sites for hydroxylation is 1. The number of nitrogens with zero attached hydrogens (tertiary/aromatic N) is 3. The average molecular weight is 221 g/mol. The number of hydrogen-bond donors (Lipinski definition) is 1. The molecule has 0 spiro atoms. The fourth-order valence-electron chi connectivity index (χ4n) is 2.07. The van der Waals surface area contributed by atoms with Gasteiger partial charge in [-0.2, -0.15) is 0 Å². The molecule has 16 heavy (non-hydrogen) atoms. The van der Waals surface area contributed by atoms with Crippen molar-refractivity contribution in [2.24, 2.45) is 0 Å². The molecule has 2 heterocycles. The maximum atomic E-state index is 11.1. The number of rotatable bonds is 2. The van der Waals surface area contributed by atoms with E-state index in [4.69, 9.17) is 5.11 Å². The summed E-state index contributed by atoms with van der Waals surface area (Å²) in [5.41, 5.74) is 0. The highest BCUT2D eigenvalue weighted by Gasteiger charge is 2.29. The van der Waals surface area contributed by atoms with Crippen molar-refractivity contribution < 1.29 is 9.90 Å². The van der Waals surface area contributed by atoms with Crippen molar-refractivity contribution in [2.75, 3.05) is 11.4 Å². The minimum atomic E-state index is -0.768. The van der Waals surface area contributed by atoms with E-state index in [1.807, 2.05) is 11.8 Å². The molecule has 0 radical (unpaired) electrons. The first kappa shape index (κ1) is 10.9. The summed E-state index contributed by atoms with van der Waals surface area (Å²) >= 11 is 0. The van der Waals surface area contributed by atoms with Crippen LogP contribution in [0.2, 0.25) is 0 Å². The molecule has 0 aromatic carbocycles.